The summed E-state index contributed by atoms with van der Waals surface area (Å²) in [6, 6.07) is 2.85. The van der Waals surface area contributed by atoms with E-state index in [2.05, 4.69) is 9.71 Å². The number of aliphatic hydroxyl groups is 1. The first kappa shape index (κ1) is 14.9. The first-order chi connectivity index (χ1) is 7.97. The summed E-state index contributed by atoms with van der Waals surface area (Å²) in [5.74, 6) is -0.0726. The molecular weight excluding hydrogens is 254 g/mol. The van der Waals surface area contributed by atoms with Crippen LogP contribution >= 0.6 is 0 Å². The van der Waals surface area contributed by atoms with Gasteiger partial charge in [-0.15, -0.1) is 0 Å². The molecule has 1 rings (SSSR count). The molecule has 0 spiro atoms. The lowest BCUT2D eigenvalue weighted by Gasteiger charge is -2.37. The van der Waals surface area contributed by atoms with Gasteiger partial charge in [-0.1, -0.05) is 0 Å². The summed E-state index contributed by atoms with van der Waals surface area (Å²) in [6.07, 6.45) is 1.41. The zero-order valence-corrected chi connectivity index (χ0v) is 11.7. The lowest BCUT2D eigenvalue weighted by atomic mass is 9.87. The van der Waals surface area contributed by atoms with Crippen LogP contribution in [0.4, 0.5) is 5.82 Å². The third-order valence-corrected chi connectivity index (χ3v) is 4.71. The highest BCUT2D eigenvalue weighted by Crippen LogP contribution is 2.24. The zero-order chi connectivity index (χ0) is 14.2. The van der Waals surface area contributed by atoms with E-state index >= 15 is 0 Å². The molecule has 0 atom stereocenters. The number of nitrogens with zero attached hydrogens (tertiary/aromatic N) is 1. The number of hydrogen-bond acceptors (Lipinski definition) is 5. The molecule has 0 amide bonds. The first-order valence-electron chi connectivity index (χ1n) is 5.44. The Labute approximate surface area is 107 Å². The van der Waals surface area contributed by atoms with Crippen LogP contribution < -0.4 is 10.5 Å². The summed E-state index contributed by atoms with van der Waals surface area (Å²) < 4.78 is 26.8. The molecule has 0 saturated heterocycles. The van der Waals surface area contributed by atoms with E-state index in [1.54, 1.807) is 13.8 Å². The monoisotopic (exact) mass is 273 g/mol. The number of rotatable bonds is 4. The van der Waals surface area contributed by atoms with Gasteiger partial charge in [-0.05, 0) is 39.8 Å². The van der Waals surface area contributed by atoms with Gasteiger partial charge in [0.2, 0.25) is 10.0 Å². The Hall–Kier alpha value is -1.18. The number of nitrogens with one attached hydrogen (secondary N) is 1. The molecule has 0 aliphatic rings. The second-order valence-electron chi connectivity index (χ2n) is 5.18. The van der Waals surface area contributed by atoms with Gasteiger partial charge in [0.25, 0.3) is 0 Å². The maximum absolute atomic E-state index is 12.2. The topological polar surface area (TPSA) is 105 Å². The van der Waals surface area contributed by atoms with Crippen LogP contribution in [-0.2, 0) is 10.0 Å². The van der Waals surface area contributed by atoms with Crippen molar-refractivity contribution in [1.82, 2.24) is 9.71 Å². The third-order valence-electron chi connectivity index (χ3n) is 3.01. The number of aromatic nitrogens is 1. The van der Waals surface area contributed by atoms with Gasteiger partial charge >= 0.3 is 0 Å². The van der Waals surface area contributed by atoms with Crippen LogP contribution in [-0.4, -0.2) is 29.6 Å². The molecule has 1 heterocycles. The number of sulfonamides is 1. The summed E-state index contributed by atoms with van der Waals surface area (Å²) >= 11 is 0. The summed E-state index contributed by atoms with van der Waals surface area (Å²) in [5.41, 5.74) is 3.27. The Balaban J connectivity index is 3.16. The largest absolute Gasteiger partial charge is 0.389 e. The average Bonchev–Trinajstić information content (AvgIpc) is 2.14. The number of nitrogen functional groups attached to an aromatic ring is 1. The molecule has 102 valence electrons. The van der Waals surface area contributed by atoms with Gasteiger partial charge < -0.3 is 10.8 Å². The van der Waals surface area contributed by atoms with Gasteiger partial charge in [0.05, 0.1) is 11.1 Å². The Morgan fingerprint density at radius 2 is 1.89 bits per heavy atom. The zero-order valence-electron chi connectivity index (χ0n) is 10.9. The third kappa shape index (κ3) is 2.98. The van der Waals surface area contributed by atoms with Gasteiger partial charge in [0.15, 0.2) is 0 Å². The van der Waals surface area contributed by atoms with Crippen molar-refractivity contribution in [3.63, 3.8) is 0 Å². The summed E-state index contributed by atoms with van der Waals surface area (Å²) in [5, 5.41) is 9.95. The van der Waals surface area contributed by atoms with E-state index in [1.165, 1.54) is 32.2 Å². The highest BCUT2D eigenvalue weighted by molar-refractivity contribution is 7.89. The SMILES string of the molecule is CC(C)(O)C(C)(C)NS(=O)(=O)c1cccnc1N. The van der Waals surface area contributed by atoms with Gasteiger partial charge in [0, 0.05) is 6.20 Å². The maximum Gasteiger partial charge on any atom is 0.244 e. The molecule has 0 aliphatic heterocycles. The summed E-state index contributed by atoms with van der Waals surface area (Å²) in [7, 11) is -3.83. The summed E-state index contributed by atoms with van der Waals surface area (Å²) in [4.78, 5) is 3.64. The summed E-state index contributed by atoms with van der Waals surface area (Å²) in [6.45, 7) is 6.25. The minimum atomic E-state index is -3.83. The van der Waals surface area contributed by atoms with E-state index in [0.29, 0.717) is 0 Å². The Morgan fingerprint density at radius 1 is 1.33 bits per heavy atom. The molecule has 0 bridgehead atoms. The molecule has 6 nitrogen and oxygen atoms in total. The van der Waals surface area contributed by atoms with Crippen molar-refractivity contribution >= 4 is 15.8 Å². The molecule has 0 unspecified atom stereocenters. The molecule has 1 aromatic rings. The number of anilines is 1. The van der Waals surface area contributed by atoms with Gasteiger partial charge in [0.1, 0.15) is 10.7 Å². The van der Waals surface area contributed by atoms with E-state index in [9.17, 15) is 13.5 Å². The van der Waals surface area contributed by atoms with Crippen molar-refractivity contribution in [2.24, 2.45) is 0 Å². The van der Waals surface area contributed by atoms with Gasteiger partial charge in [-0.3, -0.25) is 0 Å². The second-order valence-corrected chi connectivity index (χ2v) is 6.83. The predicted molar refractivity (Wildman–Crippen MR) is 69.3 cm³/mol. The van der Waals surface area contributed by atoms with Crippen LogP contribution in [0.2, 0.25) is 0 Å². The standard InChI is InChI=1S/C11H19N3O3S/c1-10(2,11(3,4)15)14-18(16,17)8-6-5-7-13-9(8)12/h5-7,14-15H,1-4H3,(H2,12,13). The minimum absolute atomic E-state index is 0.0726. The van der Waals surface area contributed by atoms with E-state index in [1.807, 2.05) is 0 Å². The Kier molecular flexibility index (Phi) is 3.71. The molecule has 0 aliphatic carbocycles. The number of hydrogen-bond donors (Lipinski definition) is 3. The van der Waals surface area contributed by atoms with Crippen molar-refractivity contribution < 1.29 is 13.5 Å². The molecular formula is C11H19N3O3S. The van der Waals surface area contributed by atoms with Gasteiger partial charge in [-0.25, -0.2) is 18.1 Å². The maximum atomic E-state index is 12.2. The van der Waals surface area contributed by atoms with Crippen LogP contribution in [0.5, 0.6) is 0 Å². The fraction of sp³-hybridized carbons (Fsp3) is 0.545. The predicted octanol–water partition coefficient (Wildman–Crippen LogP) is 0.492. The Bertz CT molecular complexity index is 533. The fourth-order valence-electron chi connectivity index (χ4n) is 1.15. The smallest absolute Gasteiger partial charge is 0.244 e. The van der Waals surface area contributed by atoms with Crippen LogP contribution in [0.25, 0.3) is 0 Å². The number of pyridine rings is 1. The lowest BCUT2D eigenvalue weighted by Crippen LogP contribution is -2.57. The lowest BCUT2D eigenvalue weighted by molar-refractivity contribution is 0.00639. The normalized spacial score (nSPS) is 13.6. The molecule has 4 N–H and O–H groups in total. The quantitative estimate of drug-likeness (QED) is 0.740. The van der Waals surface area contributed by atoms with Crippen molar-refractivity contribution in [2.45, 2.75) is 43.7 Å². The Morgan fingerprint density at radius 3 is 2.33 bits per heavy atom. The molecule has 0 aromatic carbocycles. The van der Waals surface area contributed by atoms with Crippen LogP contribution in [0.3, 0.4) is 0 Å². The van der Waals surface area contributed by atoms with E-state index in [-0.39, 0.29) is 10.7 Å². The minimum Gasteiger partial charge on any atom is -0.389 e. The fourth-order valence-corrected chi connectivity index (χ4v) is 2.76. The number of nitrogens with two attached hydrogens (primary N) is 1. The van der Waals surface area contributed by atoms with Crippen molar-refractivity contribution in [3.05, 3.63) is 18.3 Å². The van der Waals surface area contributed by atoms with Gasteiger partial charge in [-0.2, -0.15) is 0 Å². The second kappa shape index (κ2) is 4.49. The molecule has 0 radical (unpaired) electrons. The first-order valence-corrected chi connectivity index (χ1v) is 6.92. The van der Waals surface area contributed by atoms with Crippen LogP contribution in [0.1, 0.15) is 27.7 Å². The van der Waals surface area contributed by atoms with E-state index in [4.69, 9.17) is 5.73 Å². The van der Waals surface area contributed by atoms with Crippen LogP contribution in [0.15, 0.2) is 23.2 Å². The van der Waals surface area contributed by atoms with E-state index < -0.39 is 21.2 Å². The van der Waals surface area contributed by atoms with E-state index in [0.717, 1.165) is 0 Å². The van der Waals surface area contributed by atoms with Crippen LogP contribution in [0, 0.1) is 0 Å². The average molecular weight is 273 g/mol. The molecule has 1 aromatic heterocycles. The molecule has 0 fully saturated rings. The van der Waals surface area contributed by atoms with Crippen molar-refractivity contribution in [3.8, 4) is 0 Å². The highest BCUT2D eigenvalue weighted by atomic mass is 32.2. The van der Waals surface area contributed by atoms with Crippen molar-refractivity contribution in [1.29, 1.82) is 0 Å². The molecule has 18 heavy (non-hydrogen) atoms. The van der Waals surface area contributed by atoms with Crippen molar-refractivity contribution in [2.75, 3.05) is 5.73 Å². The molecule has 0 saturated carbocycles. The molecule has 7 heteroatoms. The highest BCUT2D eigenvalue weighted by Gasteiger charge is 2.39.